The number of rotatable bonds is 6. The van der Waals surface area contributed by atoms with Crippen LogP contribution in [0.15, 0.2) is 23.1 Å². The van der Waals surface area contributed by atoms with Crippen LogP contribution in [0.2, 0.25) is 0 Å². The molecule has 5 nitrogen and oxygen atoms in total. The van der Waals surface area contributed by atoms with Gasteiger partial charge in [-0.2, -0.15) is 4.31 Å². The minimum Gasteiger partial charge on any atom is -0.478 e. The first kappa shape index (κ1) is 16.0. The summed E-state index contributed by atoms with van der Waals surface area (Å²) in [5.74, 6) is -0.680. The number of aryl methyl sites for hydroxylation is 1. The molecular weight excluding hydrogens is 290 g/mol. The molecule has 2 rings (SSSR count). The molecule has 1 atom stereocenters. The summed E-state index contributed by atoms with van der Waals surface area (Å²) < 4.78 is 26.6. The van der Waals surface area contributed by atoms with Crippen molar-refractivity contribution >= 4 is 16.0 Å². The van der Waals surface area contributed by atoms with Gasteiger partial charge >= 0.3 is 5.97 Å². The van der Waals surface area contributed by atoms with Crippen molar-refractivity contribution in [1.29, 1.82) is 0 Å². The highest BCUT2D eigenvalue weighted by molar-refractivity contribution is 7.89. The number of benzene rings is 1. The summed E-state index contributed by atoms with van der Waals surface area (Å²) in [6.07, 6.45) is 2.66. The van der Waals surface area contributed by atoms with E-state index in [0.717, 1.165) is 12.8 Å². The molecule has 0 bridgehead atoms. The Labute approximate surface area is 125 Å². The molecule has 1 N–H and O–H groups in total. The van der Waals surface area contributed by atoms with Crippen LogP contribution in [0.3, 0.4) is 0 Å². The third-order valence-corrected chi connectivity index (χ3v) is 6.19. The molecule has 0 heterocycles. The summed E-state index contributed by atoms with van der Waals surface area (Å²) in [5.41, 5.74) is 0.699. The number of sulfonamides is 1. The second-order valence-corrected chi connectivity index (χ2v) is 7.57. The topological polar surface area (TPSA) is 74.7 Å². The van der Waals surface area contributed by atoms with Crippen LogP contribution >= 0.6 is 0 Å². The summed E-state index contributed by atoms with van der Waals surface area (Å²) >= 11 is 0. The van der Waals surface area contributed by atoms with Gasteiger partial charge in [-0.1, -0.05) is 13.0 Å². The van der Waals surface area contributed by atoms with E-state index in [1.165, 1.54) is 16.4 Å². The quantitative estimate of drug-likeness (QED) is 0.875. The van der Waals surface area contributed by atoms with Gasteiger partial charge in [0.2, 0.25) is 10.0 Å². The van der Waals surface area contributed by atoms with Gasteiger partial charge in [0.1, 0.15) is 0 Å². The van der Waals surface area contributed by atoms with E-state index in [9.17, 15) is 18.3 Å². The van der Waals surface area contributed by atoms with Crippen molar-refractivity contribution in [3.63, 3.8) is 0 Å². The zero-order chi connectivity index (χ0) is 15.8. The lowest BCUT2D eigenvalue weighted by Crippen LogP contribution is -2.36. The number of hydrogen-bond donors (Lipinski definition) is 1. The Balaban J connectivity index is 2.40. The van der Waals surface area contributed by atoms with E-state index in [0.29, 0.717) is 17.9 Å². The third kappa shape index (κ3) is 3.11. The van der Waals surface area contributed by atoms with Gasteiger partial charge in [-0.3, -0.25) is 0 Å². The second-order valence-electron chi connectivity index (χ2n) is 5.58. The average Bonchev–Trinajstić information content (AvgIpc) is 3.29. The molecule has 1 saturated carbocycles. The van der Waals surface area contributed by atoms with Crippen molar-refractivity contribution in [3.8, 4) is 0 Å². The molecule has 0 amide bonds. The summed E-state index contributed by atoms with van der Waals surface area (Å²) in [7, 11) is -2.09. The van der Waals surface area contributed by atoms with Crippen molar-refractivity contribution < 1.29 is 18.3 Å². The number of carbonyl (C=O) groups is 1. The Morgan fingerprint density at radius 3 is 2.52 bits per heavy atom. The maximum Gasteiger partial charge on any atom is 0.336 e. The van der Waals surface area contributed by atoms with Gasteiger partial charge in [-0.25, -0.2) is 13.2 Å². The van der Waals surface area contributed by atoms with Crippen LogP contribution in [0.5, 0.6) is 0 Å². The van der Waals surface area contributed by atoms with E-state index in [-0.39, 0.29) is 16.5 Å². The van der Waals surface area contributed by atoms with Gasteiger partial charge in [0.05, 0.1) is 10.5 Å². The molecule has 1 aromatic carbocycles. The highest BCUT2D eigenvalue weighted by Crippen LogP contribution is 2.36. The van der Waals surface area contributed by atoms with E-state index in [4.69, 9.17) is 0 Å². The van der Waals surface area contributed by atoms with E-state index in [1.54, 1.807) is 13.1 Å². The summed E-state index contributed by atoms with van der Waals surface area (Å²) in [5, 5.41) is 9.22. The van der Waals surface area contributed by atoms with Gasteiger partial charge in [0.25, 0.3) is 0 Å². The second kappa shape index (κ2) is 5.77. The maximum atomic E-state index is 12.6. The van der Waals surface area contributed by atoms with Gasteiger partial charge in [-0.05, 0) is 49.8 Å². The van der Waals surface area contributed by atoms with Crippen LogP contribution in [0, 0.1) is 5.92 Å². The summed E-state index contributed by atoms with van der Waals surface area (Å²) in [6.45, 7) is 3.74. The smallest absolute Gasteiger partial charge is 0.336 e. The van der Waals surface area contributed by atoms with Gasteiger partial charge < -0.3 is 5.11 Å². The highest BCUT2D eigenvalue weighted by Gasteiger charge is 2.36. The Kier molecular flexibility index (Phi) is 4.39. The maximum absolute atomic E-state index is 12.6. The van der Waals surface area contributed by atoms with Crippen LogP contribution in [0.1, 0.15) is 42.6 Å². The Hall–Kier alpha value is -1.40. The van der Waals surface area contributed by atoms with Gasteiger partial charge in [-0.15, -0.1) is 0 Å². The Bertz CT molecular complexity index is 650. The molecule has 1 unspecified atom stereocenters. The van der Waals surface area contributed by atoms with Crippen molar-refractivity contribution in [2.45, 2.75) is 44.0 Å². The van der Waals surface area contributed by atoms with E-state index in [2.05, 4.69) is 0 Å². The zero-order valence-electron chi connectivity index (χ0n) is 12.5. The molecule has 21 heavy (non-hydrogen) atoms. The molecule has 0 aliphatic heterocycles. The number of carboxylic acid groups (broad SMARTS) is 1. The molecule has 0 radical (unpaired) electrons. The normalized spacial score (nSPS) is 17.0. The summed E-state index contributed by atoms with van der Waals surface area (Å²) in [6, 6.07) is 4.30. The fourth-order valence-corrected chi connectivity index (χ4v) is 3.93. The Morgan fingerprint density at radius 2 is 2.05 bits per heavy atom. The lowest BCUT2D eigenvalue weighted by Gasteiger charge is -2.24. The van der Waals surface area contributed by atoms with Crippen LogP contribution < -0.4 is 0 Å². The molecule has 1 aliphatic carbocycles. The number of hydrogen-bond acceptors (Lipinski definition) is 3. The van der Waals surface area contributed by atoms with E-state index >= 15 is 0 Å². The third-order valence-electron chi connectivity index (χ3n) is 4.25. The first-order valence-electron chi connectivity index (χ1n) is 7.13. The minimum absolute atomic E-state index is 0.0482. The van der Waals surface area contributed by atoms with Crippen molar-refractivity contribution in [3.05, 3.63) is 29.3 Å². The summed E-state index contributed by atoms with van der Waals surface area (Å²) in [4.78, 5) is 11.3. The molecule has 1 aliphatic rings. The average molecular weight is 311 g/mol. The van der Waals surface area contributed by atoms with Crippen LogP contribution in [-0.4, -0.2) is 36.9 Å². The van der Waals surface area contributed by atoms with Crippen LogP contribution in [0.4, 0.5) is 0 Å². The molecule has 6 heteroatoms. The lowest BCUT2D eigenvalue weighted by atomic mass is 10.1. The van der Waals surface area contributed by atoms with Crippen molar-refractivity contribution in [2.75, 3.05) is 7.05 Å². The number of nitrogens with zero attached hydrogens (tertiary/aromatic N) is 1. The fourth-order valence-electron chi connectivity index (χ4n) is 2.48. The number of carboxylic acids is 1. The van der Waals surface area contributed by atoms with Crippen LogP contribution in [-0.2, 0) is 16.4 Å². The van der Waals surface area contributed by atoms with Crippen molar-refractivity contribution in [2.24, 2.45) is 5.92 Å². The van der Waals surface area contributed by atoms with Crippen LogP contribution in [0.25, 0.3) is 0 Å². The molecule has 1 fully saturated rings. The predicted octanol–water partition coefficient (Wildman–Crippen LogP) is 2.37. The van der Waals surface area contributed by atoms with Crippen molar-refractivity contribution in [1.82, 2.24) is 4.31 Å². The first-order valence-corrected chi connectivity index (χ1v) is 8.57. The first-order chi connectivity index (χ1) is 9.78. The molecule has 1 aromatic rings. The van der Waals surface area contributed by atoms with E-state index < -0.39 is 16.0 Å². The van der Waals surface area contributed by atoms with Gasteiger partial charge in [0, 0.05) is 13.1 Å². The molecule has 116 valence electrons. The monoisotopic (exact) mass is 311 g/mol. The predicted molar refractivity (Wildman–Crippen MR) is 79.9 cm³/mol. The highest BCUT2D eigenvalue weighted by atomic mass is 32.2. The lowest BCUT2D eigenvalue weighted by molar-refractivity contribution is 0.0695. The standard InChI is InChI=1S/C15H21NO4S/c1-4-11-7-8-13(9-14(11)15(17)18)21(19,20)16(3)10(2)12-5-6-12/h7-10,12H,4-6H2,1-3H3,(H,17,18). The SMILES string of the molecule is CCc1ccc(S(=O)(=O)N(C)C(C)C2CC2)cc1C(=O)O. The molecule has 0 spiro atoms. The largest absolute Gasteiger partial charge is 0.478 e. The molecule has 0 aromatic heterocycles. The van der Waals surface area contributed by atoms with Gasteiger partial charge in [0.15, 0.2) is 0 Å². The molecular formula is C15H21NO4S. The van der Waals surface area contributed by atoms with E-state index in [1.807, 2.05) is 13.8 Å². The number of aromatic carboxylic acids is 1. The zero-order valence-corrected chi connectivity index (χ0v) is 13.4. The molecule has 0 saturated heterocycles. The fraction of sp³-hybridized carbons (Fsp3) is 0.533. The minimum atomic E-state index is -3.65. The Morgan fingerprint density at radius 1 is 1.43 bits per heavy atom.